The predicted octanol–water partition coefficient (Wildman–Crippen LogP) is 2.99. The average Bonchev–Trinajstić information content (AvgIpc) is 2.78. The maximum absolute atomic E-state index is 14.3. The zero-order valence-corrected chi connectivity index (χ0v) is 11.9. The molecule has 2 aliphatic rings. The van der Waals surface area contributed by atoms with Crippen molar-refractivity contribution in [1.29, 1.82) is 0 Å². The predicted molar refractivity (Wildman–Crippen MR) is 75.9 cm³/mol. The van der Waals surface area contributed by atoms with Crippen molar-refractivity contribution in [2.75, 3.05) is 13.6 Å². The number of hydrogen-bond donors (Lipinski definition) is 1. The van der Waals surface area contributed by atoms with E-state index in [1.54, 1.807) is 18.2 Å². The number of halogens is 2. The summed E-state index contributed by atoms with van der Waals surface area (Å²) in [5.41, 5.74) is 0.115. The Hall–Kier alpha value is -1.00. The quantitative estimate of drug-likeness (QED) is 0.912. The van der Waals surface area contributed by atoms with Gasteiger partial charge in [0.2, 0.25) is 0 Å². The minimum absolute atomic E-state index is 0.115. The highest BCUT2D eigenvalue weighted by Gasteiger charge is 2.39. The zero-order valence-electron chi connectivity index (χ0n) is 11.9. The van der Waals surface area contributed by atoms with Gasteiger partial charge in [-0.05, 0) is 32.7 Å². The number of fused-ring (bicyclic) bond motifs is 2. The van der Waals surface area contributed by atoms with Crippen molar-refractivity contribution >= 4 is 0 Å². The minimum atomic E-state index is -2.78. The highest BCUT2D eigenvalue weighted by molar-refractivity contribution is 5.20. The molecule has 2 bridgehead atoms. The normalized spacial score (nSPS) is 29.9. The molecular weight excluding hydrogens is 258 g/mol. The molecule has 2 atom stereocenters. The van der Waals surface area contributed by atoms with Crippen molar-refractivity contribution in [3.63, 3.8) is 0 Å². The van der Waals surface area contributed by atoms with Crippen LogP contribution in [-0.4, -0.2) is 36.6 Å². The van der Waals surface area contributed by atoms with Gasteiger partial charge >= 0.3 is 0 Å². The number of piperidine rings is 1. The maximum Gasteiger partial charge on any atom is 0.285 e. The first-order valence-corrected chi connectivity index (χ1v) is 7.44. The number of nitrogens with zero attached hydrogens (tertiary/aromatic N) is 1. The summed E-state index contributed by atoms with van der Waals surface area (Å²) in [6.07, 6.45) is 4.39. The second kappa shape index (κ2) is 5.41. The summed E-state index contributed by atoms with van der Waals surface area (Å²) in [4.78, 5) is 1.86. The van der Waals surface area contributed by atoms with Gasteiger partial charge in [-0.25, -0.2) is 0 Å². The van der Waals surface area contributed by atoms with Crippen molar-refractivity contribution < 1.29 is 8.78 Å². The van der Waals surface area contributed by atoms with Crippen molar-refractivity contribution in [2.45, 2.75) is 49.7 Å². The summed E-state index contributed by atoms with van der Waals surface area (Å²) in [5.74, 6) is -2.78. The second-order valence-corrected chi connectivity index (χ2v) is 6.25. The Kier molecular flexibility index (Phi) is 3.78. The van der Waals surface area contributed by atoms with E-state index in [0.717, 1.165) is 12.8 Å². The smallest absolute Gasteiger partial charge is 0.285 e. The molecule has 2 heterocycles. The van der Waals surface area contributed by atoms with E-state index < -0.39 is 5.92 Å². The number of hydrogen-bond acceptors (Lipinski definition) is 2. The Morgan fingerprint density at radius 3 is 2.35 bits per heavy atom. The molecule has 2 nitrogen and oxygen atoms in total. The highest BCUT2D eigenvalue weighted by Crippen LogP contribution is 2.33. The summed E-state index contributed by atoms with van der Waals surface area (Å²) >= 11 is 0. The Bertz CT molecular complexity index is 437. The van der Waals surface area contributed by atoms with E-state index in [9.17, 15) is 8.78 Å². The van der Waals surface area contributed by atoms with Gasteiger partial charge in [-0.3, -0.25) is 4.90 Å². The fraction of sp³-hybridized carbons (Fsp3) is 0.625. The van der Waals surface area contributed by atoms with Gasteiger partial charge in [0.05, 0.1) is 6.54 Å². The molecule has 4 heteroatoms. The monoisotopic (exact) mass is 280 g/mol. The van der Waals surface area contributed by atoms with E-state index in [0.29, 0.717) is 12.1 Å². The molecule has 1 aromatic carbocycles. The Morgan fingerprint density at radius 1 is 1.15 bits per heavy atom. The van der Waals surface area contributed by atoms with Crippen LogP contribution in [0.2, 0.25) is 0 Å². The van der Waals surface area contributed by atoms with Crippen LogP contribution in [0.1, 0.15) is 31.2 Å². The van der Waals surface area contributed by atoms with E-state index in [4.69, 9.17) is 0 Å². The molecule has 0 aliphatic carbocycles. The first-order chi connectivity index (χ1) is 9.54. The summed E-state index contributed by atoms with van der Waals surface area (Å²) in [5, 5.41) is 3.56. The zero-order chi connectivity index (χ0) is 14.2. The topological polar surface area (TPSA) is 15.3 Å². The third kappa shape index (κ3) is 2.86. The van der Waals surface area contributed by atoms with E-state index in [2.05, 4.69) is 5.32 Å². The van der Waals surface area contributed by atoms with E-state index in [1.165, 1.54) is 25.0 Å². The van der Waals surface area contributed by atoms with Gasteiger partial charge in [0.25, 0.3) is 5.92 Å². The van der Waals surface area contributed by atoms with Crippen LogP contribution in [0.15, 0.2) is 30.3 Å². The molecule has 1 N–H and O–H groups in total. The van der Waals surface area contributed by atoms with Crippen molar-refractivity contribution in [1.82, 2.24) is 10.2 Å². The van der Waals surface area contributed by atoms with Crippen LogP contribution < -0.4 is 5.32 Å². The molecule has 2 saturated heterocycles. The third-order valence-corrected chi connectivity index (χ3v) is 4.72. The SMILES string of the molecule is CN(CC(F)(F)c1ccccc1)C1CC2CCC(C1)N2. The molecular formula is C16H22F2N2. The van der Waals surface area contributed by atoms with Gasteiger partial charge < -0.3 is 5.32 Å². The number of alkyl halides is 2. The fourth-order valence-electron chi connectivity index (χ4n) is 3.60. The molecule has 0 saturated carbocycles. The van der Waals surface area contributed by atoms with Crippen LogP contribution in [-0.2, 0) is 5.92 Å². The van der Waals surface area contributed by atoms with Gasteiger partial charge in [-0.1, -0.05) is 30.3 Å². The summed E-state index contributed by atoms with van der Waals surface area (Å²) < 4.78 is 28.6. The molecule has 0 amide bonds. The van der Waals surface area contributed by atoms with Gasteiger partial charge in [-0.15, -0.1) is 0 Å². The summed E-state index contributed by atoms with van der Waals surface area (Å²) in [6, 6.07) is 9.50. The lowest BCUT2D eigenvalue weighted by Crippen LogP contribution is -2.49. The lowest BCUT2D eigenvalue weighted by Gasteiger charge is -2.37. The van der Waals surface area contributed by atoms with Crippen molar-refractivity contribution in [2.24, 2.45) is 0 Å². The highest BCUT2D eigenvalue weighted by atomic mass is 19.3. The van der Waals surface area contributed by atoms with Crippen molar-refractivity contribution in [3.05, 3.63) is 35.9 Å². The fourth-order valence-corrected chi connectivity index (χ4v) is 3.60. The molecule has 0 aromatic heterocycles. The molecule has 3 rings (SSSR count). The van der Waals surface area contributed by atoms with Gasteiger partial charge in [0.1, 0.15) is 0 Å². The lowest BCUT2D eigenvalue weighted by molar-refractivity contribution is -0.0452. The summed E-state index contributed by atoms with van der Waals surface area (Å²) in [6.45, 7) is -0.193. The largest absolute Gasteiger partial charge is 0.311 e. The molecule has 0 radical (unpaired) electrons. The first kappa shape index (κ1) is 14.0. The standard InChI is InChI=1S/C16H22F2N2/c1-20(15-9-13-7-8-14(10-15)19-13)11-16(17,18)12-5-3-2-4-6-12/h2-6,13-15,19H,7-11H2,1H3. The number of likely N-dealkylation sites (N-methyl/N-ethyl adjacent to an activating group) is 1. The lowest BCUT2D eigenvalue weighted by atomic mass is 9.97. The van der Waals surface area contributed by atoms with E-state index in [-0.39, 0.29) is 18.2 Å². The van der Waals surface area contributed by atoms with E-state index >= 15 is 0 Å². The average molecular weight is 280 g/mol. The molecule has 2 unspecified atom stereocenters. The van der Waals surface area contributed by atoms with Crippen molar-refractivity contribution in [3.8, 4) is 0 Å². The minimum Gasteiger partial charge on any atom is -0.311 e. The van der Waals surface area contributed by atoms with Crippen LogP contribution in [0.25, 0.3) is 0 Å². The molecule has 20 heavy (non-hydrogen) atoms. The Balaban J connectivity index is 1.65. The number of benzene rings is 1. The Morgan fingerprint density at radius 2 is 1.75 bits per heavy atom. The van der Waals surface area contributed by atoms with Crippen LogP contribution in [0.5, 0.6) is 0 Å². The second-order valence-electron chi connectivity index (χ2n) is 6.25. The number of nitrogens with one attached hydrogen (secondary N) is 1. The van der Waals surface area contributed by atoms with Gasteiger partial charge in [-0.2, -0.15) is 8.78 Å². The molecule has 1 aromatic rings. The van der Waals surface area contributed by atoms with Crippen LogP contribution in [0.3, 0.4) is 0 Å². The molecule has 0 spiro atoms. The van der Waals surface area contributed by atoms with Gasteiger partial charge in [0.15, 0.2) is 0 Å². The third-order valence-electron chi connectivity index (χ3n) is 4.72. The van der Waals surface area contributed by atoms with E-state index in [1.807, 2.05) is 11.9 Å². The molecule has 2 fully saturated rings. The van der Waals surface area contributed by atoms with Crippen LogP contribution >= 0.6 is 0 Å². The molecule has 2 aliphatic heterocycles. The first-order valence-electron chi connectivity index (χ1n) is 7.44. The molecule has 110 valence electrons. The Labute approximate surface area is 119 Å². The maximum atomic E-state index is 14.3. The number of rotatable bonds is 4. The van der Waals surface area contributed by atoms with Crippen LogP contribution in [0, 0.1) is 0 Å². The summed E-state index contributed by atoms with van der Waals surface area (Å²) in [7, 11) is 1.84. The van der Waals surface area contributed by atoms with Gasteiger partial charge in [0, 0.05) is 23.7 Å². The van der Waals surface area contributed by atoms with Crippen LogP contribution in [0.4, 0.5) is 8.78 Å².